The number of aromatic nitrogens is 3. The highest BCUT2D eigenvalue weighted by Gasteiger charge is 2.20. The number of fused-ring (bicyclic) bond motifs is 1. The maximum absolute atomic E-state index is 6.20. The van der Waals surface area contributed by atoms with Gasteiger partial charge in [0.05, 0.1) is 5.69 Å². The molecule has 0 radical (unpaired) electrons. The third-order valence-electron chi connectivity index (χ3n) is 4.26. The number of hydrogen-bond donors (Lipinski definition) is 0. The molecule has 1 aliphatic heterocycles. The molecule has 0 N–H and O–H groups in total. The van der Waals surface area contributed by atoms with Crippen LogP contribution in [0.15, 0.2) is 18.3 Å². The van der Waals surface area contributed by atoms with E-state index in [2.05, 4.69) is 33.9 Å². The summed E-state index contributed by atoms with van der Waals surface area (Å²) in [5.74, 6) is 1.84. The lowest BCUT2D eigenvalue weighted by Gasteiger charge is -2.23. The molecule has 23 heavy (non-hydrogen) atoms. The Labute approximate surface area is 142 Å². The van der Waals surface area contributed by atoms with Crippen LogP contribution in [0.4, 0.5) is 5.82 Å². The van der Waals surface area contributed by atoms with Crippen molar-refractivity contribution in [2.75, 3.05) is 32.1 Å². The van der Waals surface area contributed by atoms with Crippen LogP contribution < -0.4 is 4.90 Å². The van der Waals surface area contributed by atoms with Gasteiger partial charge in [0.2, 0.25) is 0 Å². The number of halogens is 1. The maximum Gasteiger partial charge on any atom is 0.135 e. The fourth-order valence-corrected chi connectivity index (χ4v) is 3.17. The molecule has 0 aromatic carbocycles. The topological polar surface area (TPSA) is 45.2 Å². The minimum Gasteiger partial charge on any atom is -0.355 e. The second-order valence-corrected chi connectivity index (χ2v) is 6.49. The second kappa shape index (κ2) is 6.81. The van der Waals surface area contributed by atoms with E-state index < -0.39 is 0 Å². The average Bonchev–Trinajstić information content (AvgIpc) is 2.71. The highest BCUT2D eigenvalue weighted by molar-refractivity contribution is 6.30. The quantitative estimate of drug-likeness (QED) is 0.809. The van der Waals surface area contributed by atoms with E-state index in [4.69, 9.17) is 16.6 Å². The van der Waals surface area contributed by atoms with Crippen LogP contribution in [0.5, 0.6) is 0 Å². The van der Waals surface area contributed by atoms with Crippen molar-refractivity contribution < 1.29 is 0 Å². The number of rotatable bonds is 3. The number of pyridine rings is 1. The van der Waals surface area contributed by atoms with Crippen LogP contribution in [0, 0.1) is 6.92 Å². The minimum atomic E-state index is 0.552. The SMILES string of the molecule is Cc1nc2c(c(N(C)Cc3cccnc3Cl)n1)CCN(C)CC2. The van der Waals surface area contributed by atoms with Crippen LogP contribution >= 0.6 is 11.6 Å². The van der Waals surface area contributed by atoms with Gasteiger partial charge in [-0.05, 0) is 26.5 Å². The maximum atomic E-state index is 6.20. The van der Waals surface area contributed by atoms with Crippen LogP contribution in [-0.2, 0) is 19.4 Å². The van der Waals surface area contributed by atoms with Crippen LogP contribution in [0.3, 0.4) is 0 Å². The molecule has 1 aliphatic rings. The molecule has 5 nitrogen and oxygen atoms in total. The molecule has 2 aromatic rings. The number of aryl methyl sites for hydroxylation is 1. The van der Waals surface area contributed by atoms with Crippen molar-refractivity contribution in [3.8, 4) is 0 Å². The third-order valence-corrected chi connectivity index (χ3v) is 4.60. The van der Waals surface area contributed by atoms with Gasteiger partial charge in [-0.3, -0.25) is 0 Å². The molecule has 0 aliphatic carbocycles. The molecule has 0 amide bonds. The first-order chi connectivity index (χ1) is 11.0. The van der Waals surface area contributed by atoms with E-state index in [1.807, 2.05) is 19.1 Å². The Balaban J connectivity index is 1.93. The van der Waals surface area contributed by atoms with Crippen molar-refractivity contribution in [1.82, 2.24) is 19.9 Å². The van der Waals surface area contributed by atoms with Crippen LogP contribution in [0.1, 0.15) is 22.6 Å². The summed E-state index contributed by atoms with van der Waals surface area (Å²) in [7, 11) is 4.21. The molecule has 6 heteroatoms. The Kier molecular flexibility index (Phi) is 4.78. The van der Waals surface area contributed by atoms with Gasteiger partial charge in [-0.25, -0.2) is 15.0 Å². The number of likely N-dealkylation sites (N-methyl/N-ethyl adjacent to an activating group) is 1. The zero-order valence-corrected chi connectivity index (χ0v) is 14.6. The second-order valence-electron chi connectivity index (χ2n) is 6.13. The van der Waals surface area contributed by atoms with E-state index in [0.717, 1.165) is 43.1 Å². The molecule has 0 fully saturated rings. The lowest BCUT2D eigenvalue weighted by Crippen LogP contribution is -2.22. The molecule has 0 saturated carbocycles. The molecular formula is C17H22ClN5. The highest BCUT2D eigenvalue weighted by Crippen LogP contribution is 2.25. The molecule has 3 heterocycles. The van der Waals surface area contributed by atoms with E-state index in [9.17, 15) is 0 Å². The van der Waals surface area contributed by atoms with Gasteiger partial charge >= 0.3 is 0 Å². The Morgan fingerprint density at radius 3 is 2.83 bits per heavy atom. The predicted molar refractivity (Wildman–Crippen MR) is 93.0 cm³/mol. The zero-order chi connectivity index (χ0) is 16.4. The first-order valence-corrected chi connectivity index (χ1v) is 8.28. The Morgan fingerprint density at radius 2 is 2.04 bits per heavy atom. The first kappa shape index (κ1) is 16.1. The van der Waals surface area contributed by atoms with Crippen molar-refractivity contribution >= 4 is 17.4 Å². The zero-order valence-electron chi connectivity index (χ0n) is 13.9. The van der Waals surface area contributed by atoms with Gasteiger partial charge in [-0.2, -0.15) is 0 Å². The van der Waals surface area contributed by atoms with E-state index >= 15 is 0 Å². The van der Waals surface area contributed by atoms with Crippen LogP contribution in [-0.4, -0.2) is 47.0 Å². The average molecular weight is 332 g/mol. The number of anilines is 1. The molecular weight excluding hydrogens is 310 g/mol. The van der Waals surface area contributed by atoms with Crippen molar-refractivity contribution in [3.05, 3.63) is 46.1 Å². The normalized spacial score (nSPS) is 15.1. The van der Waals surface area contributed by atoms with Gasteiger partial charge < -0.3 is 9.80 Å². The summed E-state index contributed by atoms with van der Waals surface area (Å²) < 4.78 is 0. The monoisotopic (exact) mass is 331 g/mol. The molecule has 0 saturated heterocycles. The number of nitrogens with zero attached hydrogens (tertiary/aromatic N) is 5. The van der Waals surface area contributed by atoms with Gasteiger partial charge in [0.1, 0.15) is 16.8 Å². The highest BCUT2D eigenvalue weighted by atomic mass is 35.5. The first-order valence-electron chi connectivity index (χ1n) is 7.90. The molecule has 0 unspecified atom stereocenters. The van der Waals surface area contributed by atoms with Crippen molar-refractivity contribution in [3.63, 3.8) is 0 Å². The fraction of sp³-hybridized carbons (Fsp3) is 0.471. The van der Waals surface area contributed by atoms with Crippen molar-refractivity contribution in [2.24, 2.45) is 0 Å². The molecule has 0 bridgehead atoms. The van der Waals surface area contributed by atoms with Gasteiger partial charge in [0.15, 0.2) is 0 Å². The Bertz CT molecular complexity index is 703. The summed E-state index contributed by atoms with van der Waals surface area (Å²) in [6.07, 6.45) is 3.67. The van der Waals surface area contributed by atoms with E-state index in [1.54, 1.807) is 6.20 Å². The van der Waals surface area contributed by atoms with E-state index in [0.29, 0.717) is 11.7 Å². The molecule has 0 spiro atoms. The Hall–Kier alpha value is -1.72. The van der Waals surface area contributed by atoms with Crippen molar-refractivity contribution in [1.29, 1.82) is 0 Å². The van der Waals surface area contributed by atoms with Gasteiger partial charge in [0.25, 0.3) is 0 Å². The van der Waals surface area contributed by atoms with Gasteiger partial charge in [-0.15, -0.1) is 0 Å². The third kappa shape index (κ3) is 3.62. The predicted octanol–water partition coefficient (Wildman–Crippen LogP) is 2.50. The minimum absolute atomic E-state index is 0.552. The lowest BCUT2D eigenvalue weighted by atomic mass is 10.1. The van der Waals surface area contributed by atoms with E-state index in [1.165, 1.54) is 11.3 Å². The smallest absolute Gasteiger partial charge is 0.135 e. The molecule has 2 aromatic heterocycles. The largest absolute Gasteiger partial charge is 0.355 e. The summed E-state index contributed by atoms with van der Waals surface area (Å²) in [5, 5.41) is 0.552. The summed E-state index contributed by atoms with van der Waals surface area (Å²) in [6.45, 7) is 4.73. The molecule has 3 rings (SSSR count). The van der Waals surface area contributed by atoms with Crippen molar-refractivity contribution in [2.45, 2.75) is 26.3 Å². The standard InChI is InChI=1S/C17H22ClN5/c1-12-20-15-7-10-22(2)9-6-14(15)17(21-12)23(3)11-13-5-4-8-19-16(13)18/h4-5,8H,6-7,9-11H2,1-3H3. The fourth-order valence-electron chi connectivity index (χ4n) is 3.00. The van der Waals surface area contributed by atoms with Gasteiger partial charge in [0, 0.05) is 50.4 Å². The van der Waals surface area contributed by atoms with Crippen LogP contribution in [0.25, 0.3) is 0 Å². The lowest BCUT2D eigenvalue weighted by molar-refractivity contribution is 0.352. The molecule has 122 valence electrons. The summed E-state index contributed by atoms with van der Waals surface area (Å²) in [4.78, 5) is 18.0. The number of hydrogen-bond acceptors (Lipinski definition) is 5. The van der Waals surface area contributed by atoms with E-state index in [-0.39, 0.29) is 0 Å². The summed E-state index contributed by atoms with van der Waals surface area (Å²) in [5.41, 5.74) is 3.45. The van der Waals surface area contributed by atoms with Crippen LogP contribution in [0.2, 0.25) is 5.15 Å². The van der Waals surface area contributed by atoms with Gasteiger partial charge in [-0.1, -0.05) is 17.7 Å². The summed E-state index contributed by atoms with van der Waals surface area (Å²) in [6, 6.07) is 3.92. The Morgan fingerprint density at radius 1 is 1.26 bits per heavy atom. The molecule has 0 atom stereocenters. The summed E-state index contributed by atoms with van der Waals surface area (Å²) >= 11 is 6.20.